The molecular weight excluding hydrogens is 281 g/mol. The van der Waals surface area contributed by atoms with E-state index in [0.29, 0.717) is 10.7 Å². The third-order valence-electron chi connectivity index (χ3n) is 3.23. The van der Waals surface area contributed by atoms with Crippen molar-refractivity contribution in [2.75, 3.05) is 18.4 Å². The lowest BCUT2D eigenvalue weighted by atomic mass is 9.85. The number of hydrogen-bond acceptors (Lipinski definition) is 2. The van der Waals surface area contributed by atoms with Crippen molar-refractivity contribution in [2.45, 2.75) is 12.6 Å². The number of anilines is 1. The standard InChI is InChI=1S/C12H12ClF3N2O/c13-8-1-3-9(4-2-8)18-10(19)11(12(14,15)16)5-6-17-7-11/h1-4,17H,5-7H2,(H,18,19). The first-order valence-electron chi connectivity index (χ1n) is 5.70. The lowest BCUT2D eigenvalue weighted by molar-refractivity contribution is -0.213. The van der Waals surface area contributed by atoms with Gasteiger partial charge in [-0.25, -0.2) is 0 Å². The minimum atomic E-state index is -4.58. The molecule has 0 saturated carbocycles. The van der Waals surface area contributed by atoms with E-state index in [-0.39, 0.29) is 13.0 Å². The summed E-state index contributed by atoms with van der Waals surface area (Å²) in [4.78, 5) is 12.0. The summed E-state index contributed by atoms with van der Waals surface area (Å²) in [5.74, 6) is -1.03. The monoisotopic (exact) mass is 292 g/mol. The maximum atomic E-state index is 13.1. The maximum Gasteiger partial charge on any atom is 0.404 e. The summed E-state index contributed by atoms with van der Waals surface area (Å²) in [6, 6.07) is 5.94. The van der Waals surface area contributed by atoms with Gasteiger partial charge in [-0.05, 0) is 37.2 Å². The molecule has 0 bridgehead atoms. The Morgan fingerprint density at radius 2 is 1.95 bits per heavy atom. The van der Waals surface area contributed by atoms with Gasteiger partial charge in [-0.3, -0.25) is 4.79 Å². The van der Waals surface area contributed by atoms with E-state index in [2.05, 4.69) is 10.6 Å². The van der Waals surface area contributed by atoms with E-state index in [9.17, 15) is 18.0 Å². The van der Waals surface area contributed by atoms with Crippen LogP contribution in [0.1, 0.15) is 6.42 Å². The lowest BCUT2D eigenvalue weighted by Crippen LogP contribution is -2.49. The summed E-state index contributed by atoms with van der Waals surface area (Å²) in [6.45, 7) is -0.219. The van der Waals surface area contributed by atoms with E-state index >= 15 is 0 Å². The Hall–Kier alpha value is -1.27. The zero-order chi connectivity index (χ0) is 14.1. The van der Waals surface area contributed by atoms with E-state index in [1.54, 1.807) is 0 Å². The second-order valence-corrected chi connectivity index (χ2v) is 4.90. The first-order chi connectivity index (χ1) is 8.85. The summed E-state index contributed by atoms with van der Waals surface area (Å²) in [7, 11) is 0. The number of hydrogen-bond donors (Lipinski definition) is 2. The summed E-state index contributed by atoms with van der Waals surface area (Å²) in [6.07, 6.45) is -4.83. The van der Waals surface area contributed by atoms with Gasteiger partial charge in [0.25, 0.3) is 0 Å². The second kappa shape index (κ2) is 5.02. The first kappa shape index (κ1) is 14.1. The van der Waals surface area contributed by atoms with Gasteiger partial charge in [0.05, 0.1) is 0 Å². The van der Waals surface area contributed by atoms with Crippen LogP contribution in [0.2, 0.25) is 5.02 Å². The van der Waals surface area contributed by atoms with Crippen LogP contribution in [-0.2, 0) is 4.79 Å². The molecule has 1 atom stereocenters. The first-order valence-corrected chi connectivity index (χ1v) is 6.07. The number of halogens is 4. The lowest BCUT2D eigenvalue weighted by Gasteiger charge is -2.29. The van der Waals surface area contributed by atoms with Gasteiger partial charge in [0.15, 0.2) is 5.41 Å². The Balaban J connectivity index is 2.19. The predicted octanol–water partition coefficient (Wildman–Crippen LogP) is 2.82. The number of benzene rings is 1. The Labute approximate surface area is 113 Å². The molecule has 19 heavy (non-hydrogen) atoms. The Morgan fingerprint density at radius 1 is 1.32 bits per heavy atom. The third kappa shape index (κ3) is 2.69. The largest absolute Gasteiger partial charge is 0.404 e. The highest BCUT2D eigenvalue weighted by atomic mass is 35.5. The molecule has 2 rings (SSSR count). The predicted molar refractivity (Wildman–Crippen MR) is 66.1 cm³/mol. The van der Waals surface area contributed by atoms with Gasteiger partial charge in [-0.15, -0.1) is 0 Å². The molecule has 3 nitrogen and oxygen atoms in total. The molecule has 104 valence electrons. The van der Waals surface area contributed by atoms with Gasteiger partial charge >= 0.3 is 6.18 Å². The Kier molecular flexibility index (Phi) is 3.73. The molecule has 7 heteroatoms. The fourth-order valence-corrected chi connectivity index (χ4v) is 2.17. The fraction of sp³-hybridized carbons (Fsp3) is 0.417. The highest BCUT2D eigenvalue weighted by Crippen LogP contribution is 2.43. The molecule has 0 aromatic heterocycles. The molecule has 0 aliphatic carbocycles. The maximum absolute atomic E-state index is 13.1. The van der Waals surface area contributed by atoms with Crippen molar-refractivity contribution >= 4 is 23.2 Å². The van der Waals surface area contributed by atoms with Crippen molar-refractivity contribution in [2.24, 2.45) is 5.41 Å². The number of rotatable bonds is 2. The normalized spacial score (nSPS) is 23.4. The van der Waals surface area contributed by atoms with Crippen LogP contribution in [0.3, 0.4) is 0 Å². The number of carbonyl (C=O) groups excluding carboxylic acids is 1. The van der Waals surface area contributed by atoms with Crippen LogP contribution in [0, 0.1) is 5.41 Å². The second-order valence-electron chi connectivity index (χ2n) is 4.47. The van der Waals surface area contributed by atoms with Crippen LogP contribution in [0.4, 0.5) is 18.9 Å². The van der Waals surface area contributed by atoms with E-state index in [1.165, 1.54) is 24.3 Å². The molecule has 1 aliphatic heterocycles. The van der Waals surface area contributed by atoms with Crippen LogP contribution in [0.15, 0.2) is 24.3 Å². The van der Waals surface area contributed by atoms with Gasteiger partial charge < -0.3 is 10.6 Å². The van der Waals surface area contributed by atoms with E-state index < -0.39 is 24.0 Å². The summed E-state index contributed by atoms with van der Waals surface area (Å²) in [5, 5.41) is 5.34. The topological polar surface area (TPSA) is 41.1 Å². The molecule has 1 aromatic carbocycles. The number of carbonyl (C=O) groups is 1. The average molecular weight is 293 g/mol. The number of nitrogens with one attached hydrogen (secondary N) is 2. The minimum absolute atomic E-state index is 0.174. The van der Waals surface area contributed by atoms with Crippen LogP contribution in [0.25, 0.3) is 0 Å². The average Bonchev–Trinajstić information content (AvgIpc) is 2.82. The molecule has 1 heterocycles. The molecule has 0 spiro atoms. The highest BCUT2D eigenvalue weighted by molar-refractivity contribution is 6.30. The molecule has 2 N–H and O–H groups in total. The van der Waals surface area contributed by atoms with Gasteiger partial charge in [-0.1, -0.05) is 11.6 Å². The van der Waals surface area contributed by atoms with E-state index in [1.807, 2.05) is 0 Å². The summed E-state index contributed by atoms with van der Waals surface area (Å²) < 4.78 is 39.3. The molecule has 0 radical (unpaired) electrons. The highest BCUT2D eigenvalue weighted by Gasteiger charge is 2.61. The van der Waals surface area contributed by atoms with Crippen molar-refractivity contribution in [3.8, 4) is 0 Å². The van der Waals surface area contributed by atoms with Crippen LogP contribution >= 0.6 is 11.6 Å². The third-order valence-corrected chi connectivity index (χ3v) is 3.49. The van der Waals surface area contributed by atoms with Gasteiger partial charge in [0.1, 0.15) is 0 Å². The van der Waals surface area contributed by atoms with Crippen LogP contribution in [0.5, 0.6) is 0 Å². The number of alkyl halides is 3. The molecule has 1 aliphatic rings. The van der Waals surface area contributed by atoms with Crippen molar-refractivity contribution in [1.29, 1.82) is 0 Å². The Bertz CT molecular complexity index is 467. The minimum Gasteiger partial charge on any atom is -0.325 e. The molecule has 1 fully saturated rings. The summed E-state index contributed by atoms with van der Waals surface area (Å²) >= 11 is 5.67. The molecule has 1 amide bonds. The fourth-order valence-electron chi connectivity index (χ4n) is 2.04. The Morgan fingerprint density at radius 3 is 2.42 bits per heavy atom. The zero-order valence-corrected chi connectivity index (χ0v) is 10.6. The molecule has 1 aromatic rings. The summed E-state index contributed by atoms with van der Waals surface area (Å²) in [5.41, 5.74) is -2.06. The van der Waals surface area contributed by atoms with Gasteiger partial charge in [0.2, 0.25) is 5.91 Å². The quantitative estimate of drug-likeness (QED) is 0.880. The van der Waals surface area contributed by atoms with Crippen molar-refractivity contribution in [3.05, 3.63) is 29.3 Å². The number of amides is 1. The smallest absolute Gasteiger partial charge is 0.325 e. The SMILES string of the molecule is O=C(Nc1ccc(Cl)cc1)C1(C(F)(F)F)CCNC1. The molecular formula is C12H12ClF3N2O. The van der Waals surface area contributed by atoms with Gasteiger partial charge in [0, 0.05) is 17.3 Å². The van der Waals surface area contributed by atoms with Crippen molar-refractivity contribution < 1.29 is 18.0 Å². The van der Waals surface area contributed by atoms with Crippen LogP contribution in [-0.4, -0.2) is 25.2 Å². The van der Waals surface area contributed by atoms with E-state index in [0.717, 1.165) is 0 Å². The molecule has 1 saturated heterocycles. The van der Waals surface area contributed by atoms with Crippen molar-refractivity contribution in [3.63, 3.8) is 0 Å². The zero-order valence-electron chi connectivity index (χ0n) is 9.85. The molecule has 1 unspecified atom stereocenters. The van der Waals surface area contributed by atoms with Crippen LogP contribution < -0.4 is 10.6 Å². The van der Waals surface area contributed by atoms with Gasteiger partial charge in [-0.2, -0.15) is 13.2 Å². The van der Waals surface area contributed by atoms with Crippen molar-refractivity contribution in [1.82, 2.24) is 5.32 Å². The van der Waals surface area contributed by atoms with E-state index in [4.69, 9.17) is 11.6 Å².